The molecule has 0 heterocycles. The van der Waals surface area contributed by atoms with Crippen molar-refractivity contribution < 1.29 is 13.2 Å². The minimum absolute atomic E-state index is 0.213. The van der Waals surface area contributed by atoms with E-state index in [4.69, 9.17) is 5.84 Å². The molecule has 0 unspecified atom stereocenters. The van der Waals surface area contributed by atoms with Crippen molar-refractivity contribution in [3.8, 4) is 0 Å². The van der Waals surface area contributed by atoms with Gasteiger partial charge in [-0.15, -0.1) is 0 Å². The molecular formula is C10H11BrF3N3. The van der Waals surface area contributed by atoms with Gasteiger partial charge >= 0.3 is 6.18 Å². The smallest absolute Gasteiger partial charge is 0.308 e. The minimum atomic E-state index is -4.39. The third-order valence-corrected chi connectivity index (χ3v) is 2.69. The lowest BCUT2D eigenvalue weighted by atomic mass is 10.1. The number of nitrogens with one attached hydrogen (secondary N) is 1. The third kappa shape index (κ3) is 3.44. The number of hydrazine groups is 1. The Morgan fingerprint density at radius 1 is 1.47 bits per heavy atom. The molecule has 0 fully saturated rings. The maximum absolute atomic E-state index is 12.5. The summed E-state index contributed by atoms with van der Waals surface area (Å²) in [6, 6.07) is 3.31. The molecule has 0 aliphatic carbocycles. The normalized spacial score (nSPS) is 12.7. The van der Waals surface area contributed by atoms with E-state index in [1.165, 1.54) is 6.07 Å². The molecule has 0 amide bonds. The van der Waals surface area contributed by atoms with Gasteiger partial charge in [0.05, 0.1) is 5.56 Å². The van der Waals surface area contributed by atoms with Crippen LogP contribution in [0.4, 0.5) is 13.2 Å². The summed E-state index contributed by atoms with van der Waals surface area (Å²) in [6.07, 6.45) is -4.39. The summed E-state index contributed by atoms with van der Waals surface area (Å²) >= 11 is 3.16. The number of amidine groups is 1. The molecule has 1 aromatic carbocycles. The van der Waals surface area contributed by atoms with Gasteiger partial charge in [0.1, 0.15) is 5.84 Å². The van der Waals surface area contributed by atoms with E-state index >= 15 is 0 Å². The van der Waals surface area contributed by atoms with Gasteiger partial charge in [-0.05, 0) is 25.1 Å². The van der Waals surface area contributed by atoms with Gasteiger partial charge in [-0.3, -0.25) is 4.99 Å². The average molecular weight is 310 g/mol. The van der Waals surface area contributed by atoms with Crippen molar-refractivity contribution in [2.24, 2.45) is 10.8 Å². The lowest BCUT2D eigenvalue weighted by Crippen LogP contribution is -2.31. The Labute approximate surface area is 105 Å². The molecule has 0 saturated heterocycles. The molecule has 0 saturated carbocycles. The molecule has 1 rings (SSSR count). The van der Waals surface area contributed by atoms with E-state index in [2.05, 4.69) is 26.3 Å². The van der Waals surface area contributed by atoms with E-state index in [0.717, 1.165) is 12.1 Å². The van der Waals surface area contributed by atoms with Gasteiger partial charge in [-0.2, -0.15) is 13.2 Å². The zero-order chi connectivity index (χ0) is 13.1. The fraction of sp³-hybridized carbons (Fsp3) is 0.300. The van der Waals surface area contributed by atoms with Crippen LogP contribution in [0.3, 0.4) is 0 Å². The van der Waals surface area contributed by atoms with Gasteiger partial charge in [-0.25, -0.2) is 5.84 Å². The van der Waals surface area contributed by atoms with Crippen molar-refractivity contribution in [1.82, 2.24) is 5.43 Å². The van der Waals surface area contributed by atoms with Crippen molar-refractivity contribution in [3.05, 3.63) is 33.8 Å². The van der Waals surface area contributed by atoms with E-state index in [9.17, 15) is 13.2 Å². The molecule has 3 nitrogen and oxygen atoms in total. The van der Waals surface area contributed by atoms with Gasteiger partial charge in [0.15, 0.2) is 0 Å². The molecule has 0 atom stereocenters. The summed E-state index contributed by atoms with van der Waals surface area (Å²) < 4.78 is 38.1. The molecule has 0 aliphatic heterocycles. The third-order valence-electron chi connectivity index (χ3n) is 2.00. The molecule has 0 radical (unpaired) electrons. The first-order valence-corrected chi connectivity index (χ1v) is 5.57. The van der Waals surface area contributed by atoms with Crippen molar-refractivity contribution in [3.63, 3.8) is 0 Å². The monoisotopic (exact) mass is 309 g/mol. The molecule has 7 heteroatoms. The Hall–Kier alpha value is -1.08. The number of aliphatic imine (C=N–C) groups is 1. The van der Waals surface area contributed by atoms with Crippen LogP contribution in [0.25, 0.3) is 0 Å². The van der Waals surface area contributed by atoms with E-state index in [1.807, 2.05) is 0 Å². The highest BCUT2D eigenvalue weighted by Crippen LogP contribution is 2.31. The van der Waals surface area contributed by atoms with Gasteiger partial charge in [0.25, 0.3) is 0 Å². The van der Waals surface area contributed by atoms with Crippen LogP contribution in [0.2, 0.25) is 0 Å². The number of hydrogen-bond acceptors (Lipinski definition) is 2. The molecule has 0 bridgehead atoms. The SMILES string of the molecule is CCN=C(NN)c1cc(C(F)(F)F)ccc1Br. The second-order valence-electron chi connectivity index (χ2n) is 3.16. The molecule has 3 N–H and O–H groups in total. The van der Waals surface area contributed by atoms with E-state index in [0.29, 0.717) is 11.0 Å². The Bertz CT molecular complexity index is 429. The van der Waals surface area contributed by atoms with Crippen molar-refractivity contribution in [1.29, 1.82) is 0 Å². The second kappa shape index (κ2) is 5.50. The highest BCUT2D eigenvalue weighted by Gasteiger charge is 2.31. The van der Waals surface area contributed by atoms with Crippen molar-refractivity contribution in [2.45, 2.75) is 13.1 Å². The first-order chi connectivity index (χ1) is 7.90. The Morgan fingerprint density at radius 2 is 2.12 bits per heavy atom. The summed E-state index contributed by atoms with van der Waals surface area (Å²) in [5, 5.41) is 0. The lowest BCUT2D eigenvalue weighted by Gasteiger charge is -2.12. The summed E-state index contributed by atoms with van der Waals surface area (Å²) in [4.78, 5) is 3.98. The van der Waals surface area contributed by atoms with E-state index < -0.39 is 11.7 Å². The number of nitrogens with two attached hydrogens (primary N) is 1. The molecule has 1 aromatic rings. The van der Waals surface area contributed by atoms with Gasteiger partial charge in [0, 0.05) is 16.6 Å². The predicted octanol–water partition coefficient (Wildman–Crippen LogP) is 2.70. The largest absolute Gasteiger partial charge is 0.416 e. The van der Waals surface area contributed by atoms with Gasteiger partial charge in [-0.1, -0.05) is 15.9 Å². The minimum Gasteiger partial charge on any atom is -0.308 e. The number of hydrogen-bond donors (Lipinski definition) is 2. The Balaban J connectivity index is 3.28. The fourth-order valence-corrected chi connectivity index (χ4v) is 1.68. The Kier molecular flexibility index (Phi) is 4.53. The molecule has 0 aliphatic rings. The Morgan fingerprint density at radius 3 is 2.59 bits per heavy atom. The van der Waals surface area contributed by atoms with Crippen LogP contribution in [0.1, 0.15) is 18.1 Å². The quantitative estimate of drug-likeness (QED) is 0.382. The summed E-state index contributed by atoms with van der Waals surface area (Å²) in [7, 11) is 0. The van der Waals surface area contributed by atoms with E-state index in [-0.39, 0.29) is 11.4 Å². The zero-order valence-corrected chi connectivity index (χ0v) is 10.6. The fourth-order valence-electron chi connectivity index (χ4n) is 1.25. The highest BCUT2D eigenvalue weighted by molar-refractivity contribution is 9.10. The molecule has 17 heavy (non-hydrogen) atoms. The zero-order valence-electron chi connectivity index (χ0n) is 8.98. The van der Waals surface area contributed by atoms with Crippen LogP contribution in [-0.2, 0) is 6.18 Å². The van der Waals surface area contributed by atoms with Crippen LogP contribution in [-0.4, -0.2) is 12.4 Å². The average Bonchev–Trinajstić information content (AvgIpc) is 2.25. The highest BCUT2D eigenvalue weighted by atomic mass is 79.9. The standard InChI is InChI=1S/C10H11BrF3N3/c1-2-16-9(17-15)7-5-6(10(12,13)14)3-4-8(7)11/h3-5H,2,15H2,1H3,(H,16,17). The van der Waals surface area contributed by atoms with Crippen LogP contribution in [0.15, 0.2) is 27.7 Å². The van der Waals surface area contributed by atoms with E-state index in [1.54, 1.807) is 6.92 Å². The van der Waals surface area contributed by atoms with Crippen LogP contribution < -0.4 is 11.3 Å². The van der Waals surface area contributed by atoms with Crippen LogP contribution >= 0.6 is 15.9 Å². The lowest BCUT2D eigenvalue weighted by molar-refractivity contribution is -0.137. The van der Waals surface area contributed by atoms with Crippen molar-refractivity contribution >= 4 is 21.8 Å². The predicted molar refractivity (Wildman–Crippen MR) is 63.5 cm³/mol. The summed E-state index contributed by atoms with van der Waals surface area (Å²) in [5.74, 6) is 5.45. The number of nitrogens with zero attached hydrogens (tertiary/aromatic N) is 1. The maximum Gasteiger partial charge on any atom is 0.416 e. The molecule has 94 valence electrons. The molecule has 0 aromatic heterocycles. The van der Waals surface area contributed by atoms with Crippen LogP contribution in [0, 0.1) is 0 Å². The van der Waals surface area contributed by atoms with Crippen molar-refractivity contribution in [2.75, 3.05) is 6.54 Å². The summed E-state index contributed by atoms with van der Waals surface area (Å²) in [5.41, 5.74) is 1.83. The number of rotatable bonds is 2. The maximum atomic E-state index is 12.5. The number of alkyl halides is 3. The molecular weight excluding hydrogens is 299 g/mol. The van der Waals surface area contributed by atoms with Crippen LogP contribution in [0.5, 0.6) is 0 Å². The first-order valence-electron chi connectivity index (χ1n) is 4.78. The number of benzene rings is 1. The second-order valence-corrected chi connectivity index (χ2v) is 4.01. The number of halogens is 4. The van der Waals surface area contributed by atoms with Gasteiger partial charge < -0.3 is 5.43 Å². The topological polar surface area (TPSA) is 50.4 Å². The summed E-state index contributed by atoms with van der Waals surface area (Å²) in [6.45, 7) is 2.18. The van der Waals surface area contributed by atoms with Gasteiger partial charge in [0.2, 0.25) is 0 Å². The molecule has 0 spiro atoms. The first kappa shape index (κ1) is 14.0.